The molecule has 0 aromatic rings. The summed E-state index contributed by atoms with van der Waals surface area (Å²) in [7, 11) is -5.32. The number of hydrogen-bond acceptors (Lipinski definition) is 3. The van der Waals surface area contributed by atoms with Crippen LogP contribution in [0.2, 0.25) is 0 Å². The zero-order valence-electron chi connectivity index (χ0n) is 5.43. The zero-order valence-corrected chi connectivity index (χ0v) is 6.33. The molecule has 0 rings (SSSR count). The molecule has 12 heavy (non-hydrogen) atoms. The number of aliphatic hydroxyl groups is 2. The van der Waals surface area contributed by atoms with E-state index in [1.807, 2.05) is 0 Å². The van der Waals surface area contributed by atoms with Crippen molar-refractivity contribution < 1.29 is 37.7 Å². The van der Waals surface area contributed by atoms with Gasteiger partial charge in [-0.2, -0.15) is 13.2 Å². The van der Waals surface area contributed by atoms with Crippen molar-refractivity contribution in [1.82, 2.24) is 0 Å². The Labute approximate surface area is 64.6 Å². The fourth-order valence-corrected chi connectivity index (χ4v) is 0.890. The minimum Gasteiger partial charge on any atom is -0.381 e. The summed E-state index contributed by atoms with van der Waals surface area (Å²) >= 11 is 0. The topological polar surface area (TPSA) is 98.0 Å². The van der Waals surface area contributed by atoms with Gasteiger partial charge < -0.3 is 20.0 Å². The Morgan fingerprint density at radius 3 is 1.58 bits per heavy atom. The Morgan fingerprint density at radius 2 is 1.50 bits per heavy atom. The maximum Gasteiger partial charge on any atom is 0.417 e. The third-order valence-corrected chi connectivity index (χ3v) is 1.93. The monoisotopic (exact) mass is 210 g/mol. The standard InChI is InChI=1S/C3H6F3O5P/c4-3(5,6)1(7)2(8)12(9,10)11/h1-2,7-8H,(H2,9,10,11). The van der Waals surface area contributed by atoms with E-state index in [4.69, 9.17) is 20.0 Å². The van der Waals surface area contributed by atoms with Crippen molar-refractivity contribution >= 4 is 7.60 Å². The predicted octanol–water partition coefficient (Wildman–Crippen LogP) is -0.594. The fourth-order valence-electron chi connectivity index (χ4n) is 0.353. The van der Waals surface area contributed by atoms with Crippen LogP contribution in [-0.4, -0.2) is 38.1 Å². The van der Waals surface area contributed by atoms with E-state index in [9.17, 15) is 17.7 Å². The first kappa shape index (κ1) is 11.9. The summed E-state index contributed by atoms with van der Waals surface area (Å²) in [6, 6.07) is 0. The Morgan fingerprint density at radius 1 is 1.17 bits per heavy atom. The van der Waals surface area contributed by atoms with Crippen LogP contribution < -0.4 is 0 Å². The number of aliphatic hydroxyl groups excluding tert-OH is 2. The van der Waals surface area contributed by atoms with Gasteiger partial charge in [0, 0.05) is 0 Å². The van der Waals surface area contributed by atoms with Crippen LogP contribution in [0.15, 0.2) is 0 Å². The summed E-state index contributed by atoms with van der Waals surface area (Å²) < 4.78 is 44.4. The number of hydrogen-bond donors (Lipinski definition) is 4. The van der Waals surface area contributed by atoms with E-state index < -0.39 is 25.7 Å². The highest BCUT2D eigenvalue weighted by atomic mass is 31.2. The molecule has 0 saturated carbocycles. The van der Waals surface area contributed by atoms with Gasteiger partial charge >= 0.3 is 13.8 Å². The molecule has 74 valence electrons. The van der Waals surface area contributed by atoms with Crippen LogP contribution in [0.25, 0.3) is 0 Å². The maximum atomic E-state index is 11.5. The molecule has 0 aromatic carbocycles. The molecular weight excluding hydrogens is 204 g/mol. The smallest absolute Gasteiger partial charge is 0.381 e. The molecule has 2 atom stereocenters. The molecule has 0 saturated heterocycles. The highest BCUT2D eigenvalue weighted by molar-refractivity contribution is 7.52. The molecule has 5 nitrogen and oxygen atoms in total. The van der Waals surface area contributed by atoms with Gasteiger partial charge in [-0.25, -0.2) is 0 Å². The Bertz CT molecular complexity index is 197. The average molecular weight is 210 g/mol. The normalized spacial score (nSPS) is 18.9. The molecule has 0 bridgehead atoms. The second-order valence-corrected chi connectivity index (χ2v) is 3.70. The van der Waals surface area contributed by atoms with Crippen molar-refractivity contribution in [3.63, 3.8) is 0 Å². The van der Waals surface area contributed by atoms with Gasteiger partial charge in [-0.15, -0.1) is 0 Å². The minimum atomic E-state index is -5.32. The molecule has 0 amide bonds. The SMILES string of the molecule is O=P(O)(O)C(O)C(O)C(F)(F)F. The molecule has 0 spiro atoms. The van der Waals surface area contributed by atoms with Crippen LogP contribution >= 0.6 is 7.60 Å². The van der Waals surface area contributed by atoms with Gasteiger partial charge in [-0.3, -0.25) is 4.57 Å². The number of alkyl halides is 3. The van der Waals surface area contributed by atoms with Gasteiger partial charge in [0.25, 0.3) is 0 Å². The van der Waals surface area contributed by atoms with E-state index >= 15 is 0 Å². The average Bonchev–Trinajstić information content (AvgIpc) is 1.80. The highest BCUT2D eigenvalue weighted by Gasteiger charge is 2.49. The van der Waals surface area contributed by atoms with Crippen LogP contribution in [0.1, 0.15) is 0 Å². The van der Waals surface area contributed by atoms with Crippen LogP contribution in [0, 0.1) is 0 Å². The van der Waals surface area contributed by atoms with Crippen molar-refractivity contribution in [2.75, 3.05) is 0 Å². The summed E-state index contributed by atoms with van der Waals surface area (Å²) in [5, 5.41) is 16.4. The lowest BCUT2D eigenvalue weighted by Gasteiger charge is -2.20. The number of rotatable bonds is 2. The largest absolute Gasteiger partial charge is 0.417 e. The van der Waals surface area contributed by atoms with E-state index in [2.05, 4.69) is 0 Å². The molecule has 0 radical (unpaired) electrons. The van der Waals surface area contributed by atoms with Gasteiger partial charge in [0.05, 0.1) is 0 Å². The van der Waals surface area contributed by atoms with E-state index in [1.165, 1.54) is 0 Å². The lowest BCUT2D eigenvalue weighted by molar-refractivity contribution is -0.220. The van der Waals surface area contributed by atoms with Crippen molar-refractivity contribution in [2.45, 2.75) is 18.1 Å². The third-order valence-electron chi connectivity index (χ3n) is 0.962. The maximum absolute atomic E-state index is 11.5. The summed E-state index contributed by atoms with van der Waals surface area (Å²) in [6.07, 6.45) is -8.68. The molecule has 9 heteroatoms. The lowest BCUT2D eigenvalue weighted by Crippen LogP contribution is -2.39. The predicted molar refractivity (Wildman–Crippen MR) is 30.1 cm³/mol. The first-order valence-corrected chi connectivity index (χ1v) is 4.23. The molecule has 0 fully saturated rings. The molecule has 0 aliphatic carbocycles. The summed E-state index contributed by atoms with van der Waals surface area (Å²) in [5.41, 5.74) is 0. The Kier molecular flexibility index (Phi) is 3.27. The molecule has 0 aromatic heterocycles. The van der Waals surface area contributed by atoms with Crippen LogP contribution in [0.3, 0.4) is 0 Å². The van der Waals surface area contributed by atoms with E-state index in [0.717, 1.165) is 0 Å². The van der Waals surface area contributed by atoms with Crippen LogP contribution in [0.4, 0.5) is 13.2 Å². The molecule has 0 aliphatic heterocycles. The van der Waals surface area contributed by atoms with Gasteiger partial charge in [0.2, 0.25) is 0 Å². The summed E-state index contributed by atoms with van der Waals surface area (Å²) in [4.78, 5) is 16.0. The van der Waals surface area contributed by atoms with Crippen LogP contribution in [-0.2, 0) is 4.57 Å². The molecule has 2 unspecified atom stereocenters. The summed E-state index contributed by atoms with van der Waals surface area (Å²) in [5.74, 6) is -3.13. The highest BCUT2D eigenvalue weighted by Crippen LogP contribution is 2.44. The second kappa shape index (κ2) is 3.31. The molecule has 0 aliphatic rings. The van der Waals surface area contributed by atoms with E-state index in [1.54, 1.807) is 0 Å². The first-order chi connectivity index (χ1) is 5.07. The Balaban J connectivity index is 4.52. The number of halogens is 3. The first-order valence-electron chi connectivity index (χ1n) is 2.55. The minimum absolute atomic E-state index is 3.13. The van der Waals surface area contributed by atoms with Crippen molar-refractivity contribution in [3.8, 4) is 0 Å². The summed E-state index contributed by atoms with van der Waals surface area (Å²) in [6.45, 7) is 0. The van der Waals surface area contributed by atoms with Crippen molar-refractivity contribution in [2.24, 2.45) is 0 Å². The molecule has 4 N–H and O–H groups in total. The van der Waals surface area contributed by atoms with E-state index in [0.29, 0.717) is 0 Å². The van der Waals surface area contributed by atoms with Crippen LogP contribution in [0.5, 0.6) is 0 Å². The van der Waals surface area contributed by atoms with E-state index in [-0.39, 0.29) is 0 Å². The van der Waals surface area contributed by atoms with Crippen molar-refractivity contribution in [3.05, 3.63) is 0 Å². The lowest BCUT2D eigenvalue weighted by atomic mass is 10.4. The fraction of sp³-hybridized carbons (Fsp3) is 1.00. The van der Waals surface area contributed by atoms with Crippen molar-refractivity contribution in [1.29, 1.82) is 0 Å². The molecule has 0 heterocycles. The van der Waals surface area contributed by atoms with Gasteiger partial charge in [0.15, 0.2) is 11.9 Å². The van der Waals surface area contributed by atoms with Gasteiger partial charge in [0.1, 0.15) is 0 Å². The Hall–Kier alpha value is -0.140. The van der Waals surface area contributed by atoms with Gasteiger partial charge in [-0.1, -0.05) is 0 Å². The third kappa shape index (κ3) is 3.08. The molecular formula is C3H6F3O5P. The van der Waals surface area contributed by atoms with Gasteiger partial charge in [-0.05, 0) is 0 Å². The zero-order chi connectivity index (χ0) is 10.2. The second-order valence-electron chi connectivity index (χ2n) is 1.99. The quantitative estimate of drug-likeness (QED) is 0.456.